The van der Waals surface area contributed by atoms with Crippen LogP contribution in [0.4, 0.5) is 10.1 Å². The highest BCUT2D eigenvalue weighted by Gasteiger charge is 2.10. The van der Waals surface area contributed by atoms with Gasteiger partial charge in [0.1, 0.15) is 5.82 Å². The number of allylic oxidation sites excluding steroid dienone is 1. The normalized spacial score (nSPS) is 9.53. The topological polar surface area (TPSA) is 37.8 Å². The van der Waals surface area contributed by atoms with Crippen molar-refractivity contribution in [2.45, 2.75) is 101 Å². The molecule has 0 bridgehead atoms. The maximum absolute atomic E-state index is 13.1. The number of benzene rings is 2. The van der Waals surface area contributed by atoms with E-state index in [9.17, 15) is 4.39 Å². The Bertz CT molecular complexity index is 1390. The number of unbranched alkanes of at least 4 members (excludes halogenated alkanes) is 3. The van der Waals surface area contributed by atoms with E-state index < -0.39 is 0 Å². The first-order valence-electron chi connectivity index (χ1n) is 16.2. The summed E-state index contributed by atoms with van der Waals surface area (Å²) >= 11 is 0. The third-order valence-corrected chi connectivity index (χ3v) is 6.84. The molecule has 0 aliphatic heterocycles. The number of hydrogen-bond donors (Lipinski definition) is 1. The summed E-state index contributed by atoms with van der Waals surface area (Å²) in [6, 6.07) is 19.0. The molecule has 4 aromatic rings. The molecule has 0 unspecified atom stereocenters. The molecule has 0 fully saturated rings. The zero-order chi connectivity index (χ0) is 32.9. The van der Waals surface area contributed by atoms with E-state index in [0.717, 1.165) is 51.2 Å². The minimum Gasteiger partial charge on any atom is -0.354 e. The molecule has 0 saturated heterocycles. The van der Waals surface area contributed by atoms with E-state index in [-0.39, 0.29) is 13.2 Å². The smallest absolute Gasteiger partial charge is 0.123 e. The monoisotopic (exact) mass is 611 g/mol. The third kappa shape index (κ3) is 14.1. The van der Waals surface area contributed by atoms with Gasteiger partial charge in [0, 0.05) is 35.8 Å². The number of rotatable bonds is 11. The van der Waals surface area contributed by atoms with E-state index in [2.05, 4.69) is 80.4 Å². The summed E-state index contributed by atoms with van der Waals surface area (Å²) in [5.41, 5.74) is 9.88. The molecule has 2 aromatic heterocycles. The molecule has 0 atom stereocenters. The lowest BCUT2D eigenvalue weighted by molar-refractivity contribution is 0.627. The lowest BCUT2D eigenvalue weighted by Crippen LogP contribution is -2.03. The van der Waals surface area contributed by atoms with Crippen molar-refractivity contribution in [1.29, 1.82) is 0 Å². The number of aryl methyl sites for hydroxylation is 2. The zero-order valence-electron chi connectivity index (χ0n) is 28.4. The van der Waals surface area contributed by atoms with Gasteiger partial charge >= 0.3 is 0 Å². The third-order valence-electron chi connectivity index (χ3n) is 6.84. The average molecular weight is 612 g/mol. The number of nitrogens with one attached hydrogen (secondary N) is 1. The van der Waals surface area contributed by atoms with Gasteiger partial charge in [0.25, 0.3) is 0 Å². The number of halogens is 1. The Morgan fingerprint density at radius 2 is 1.40 bits per heavy atom. The SMILES string of the molecule is C.C=C(Nc1ccc(Cc2ccc(F)cc2)nc1)C(=C)c1cc(-c2cncc(CC)c2)ccc1C.CC.CC.CCCCCC. The first-order chi connectivity index (χ1) is 21.3. The highest BCUT2D eigenvalue weighted by molar-refractivity contribution is 5.84. The summed E-state index contributed by atoms with van der Waals surface area (Å²) in [4.78, 5) is 8.92. The minimum atomic E-state index is -0.234. The molecule has 244 valence electrons. The number of pyridine rings is 2. The van der Waals surface area contributed by atoms with Crippen LogP contribution in [-0.4, -0.2) is 9.97 Å². The molecule has 3 nitrogen and oxygen atoms in total. The Balaban J connectivity index is 0.00000156. The predicted octanol–water partition coefficient (Wildman–Crippen LogP) is 12.7. The van der Waals surface area contributed by atoms with E-state index in [0.29, 0.717) is 12.1 Å². The molecule has 0 aliphatic carbocycles. The summed E-state index contributed by atoms with van der Waals surface area (Å²) in [5.74, 6) is -0.234. The van der Waals surface area contributed by atoms with Crippen molar-refractivity contribution in [3.05, 3.63) is 132 Å². The Labute approximate surface area is 274 Å². The number of anilines is 1. The van der Waals surface area contributed by atoms with Gasteiger partial charge in [-0.25, -0.2) is 4.39 Å². The van der Waals surface area contributed by atoms with Gasteiger partial charge in [0.15, 0.2) is 0 Å². The van der Waals surface area contributed by atoms with Crippen LogP contribution in [0.25, 0.3) is 16.7 Å². The van der Waals surface area contributed by atoms with Gasteiger partial charge in [0.05, 0.1) is 11.9 Å². The average Bonchev–Trinajstić information content (AvgIpc) is 3.07. The maximum atomic E-state index is 13.1. The summed E-state index contributed by atoms with van der Waals surface area (Å²) in [6.45, 7) is 25.2. The lowest BCUT2D eigenvalue weighted by atomic mass is 9.94. The first-order valence-corrected chi connectivity index (χ1v) is 16.2. The molecule has 0 radical (unpaired) electrons. The maximum Gasteiger partial charge on any atom is 0.123 e. The molecule has 0 saturated carbocycles. The van der Waals surface area contributed by atoms with Gasteiger partial charge in [-0.15, -0.1) is 0 Å². The molecule has 2 aromatic carbocycles. The number of nitrogens with zero attached hydrogens (tertiary/aromatic N) is 2. The van der Waals surface area contributed by atoms with Crippen LogP contribution in [0.3, 0.4) is 0 Å². The molecule has 2 heterocycles. The Morgan fingerprint density at radius 3 is 1.96 bits per heavy atom. The fourth-order valence-corrected chi connectivity index (χ4v) is 4.29. The van der Waals surface area contributed by atoms with Crippen molar-refractivity contribution in [2.24, 2.45) is 0 Å². The molecule has 4 rings (SSSR count). The fourth-order valence-electron chi connectivity index (χ4n) is 4.29. The van der Waals surface area contributed by atoms with E-state index in [4.69, 9.17) is 0 Å². The lowest BCUT2D eigenvalue weighted by Gasteiger charge is -2.16. The molecule has 0 amide bonds. The molecular weight excluding hydrogens is 553 g/mol. The molecule has 0 spiro atoms. The fraction of sp³-hybridized carbons (Fsp3) is 0.366. The second kappa shape index (κ2) is 23.3. The van der Waals surface area contributed by atoms with Crippen LogP contribution in [0, 0.1) is 12.7 Å². The second-order valence-corrected chi connectivity index (χ2v) is 10.1. The van der Waals surface area contributed by atoms with Crippen molar-refractivity contribution in [2.75, 3.05) is 5.32 Å². The van der Waals surface area contributed by atoms with Crippen molar-refractivity contribution in [3.8, 4) is 11.1 Å². The Kier molecular flexibility index (Phi) is 21.2. The standard InChI is InChI=1S/C30H28FN3.C6H14.2C2H6.CH4/c1-5-23-14-26(18-32-17-23)25-9-6-20(2)30(16-25)21(3)22(4)34-29-13-12-28(33-19-29)15-24-7-10-27(31)11-8-24;1-3-5-6-4-2;2*1-2;/h6-14,16-19,34H,3-5,15H2,1-2H3;3-6H2,1-2H3;2*1-2H3;1H4. The van der Waals surface area contributed by atoms with Crippen LogP contribution in [0.2, 0.25) is 0 Å². The van der Waals surface area contributed by atoms with Crippen molar-refractivity contribution in [1.82, 2.24) is 9.97 Å². The predicted molar refractivity (Wildman–Crippen MR) is 198 cm³/mol. The van der Waals surface area contributed by atoms with Crippen LogP contribution in [0.1, 0.15) is 110 Å². The van der Waals surface area contributed by atoms with Crippen LogP contribution in [0.15, 0.2) is 98.1 Å². The van der Waals surface area contributed by atoms with Crippen molar-refractivity contribution in [3.63, 3.8) is 0 Å². The Morgan fingerprint density at radius 1 is 0.756 bits per heavy atom. The molecule has 1 N–H and O–H groups in total. The molecular formula is C41H58FN3. The second-order valence-electron chi connectivity index (χ2n) is 10.1. The van der Waals surface area contributed by atoms with Crippen LogP contribution >= 0.6 is 0 Å². The van der Waals surface area contributed by atoms with Crippen molar-refractivity contribution >= 4 is 11.3 Å². The molecule has 0 aliphatic rings. The van der Waals surface area contributed by atoms with E-state index in [1.54, 1.807) is 18.3 Å². The zero-order valence-corrected chi connectivity index (χ0v) is 28.4. The van der Waals surface area contributed by atoms with Crippen LogP contribution in [0.5, 0.6) is 0 Å². The largest absolute Gasteiger partial charge is 0.354 e. The summed E-state index contributed by atoms with van der Waals surface area (Å²) in [7, 11) is 0. The Hall–Kier alpha value is -4.05. The minimum absolute atomic E-state index is 0. The summed E-state index contributed by atoms with van der Waals surface area (Å²) < 4.78 is 13.1. The number of aromatic nitrogens is 2. The van der Waals surface area contributed by atoms with Gasteiger partial charge < -0.3 is 5.32 Å². The van der Waals surface area contributed by atoms with Crippen LogP contribution < -0.4 is 5.32 Å². The van der Waals surface area contributed by atoms with Crippen molar-refractivity contribution < 1.29 is 4.39 Å². The van der Waals surface area contributed by atoms with Gasteiger partial charge in [-0.3, -0.25) is 9.97 Å². The van der Waals surface area contributed by atoms with Crippen LogP contribution in [-0.2, 0) is 12.8 Å². The quantitative estimate of drug-likeness (QED) is 0.135. The van der Waals surface area contributed by atoms with E-state index in [1.165, 1.54) is 43.4 Å². The van der Waals surface area contributed by atoms with Gasteiger partial charge in [-0.1, -0.05) is 119 Å². The van der Waals surface area contributed by atoms with Gasteiger partial charge in [-0.2, -0.15) is 0 Å². The van der Waals surface area contributed by atoms with Gasteiger partial charge in [0.2, 0.25) is 0 Å². The summed E-state index contributed by atoms with van der Waals surface area (Å²) in [6.07, 6.45) is 12.7. The molecule has 4 heteroatoms. The van der Waals surface area contributed by atoms with E-state index in [1.807, 2.05) is 52.2 Å². The van der Waals surface area contributed by atoms with E-state index >= 15 is 0 Å². The van der Waals surface area contributed by atoms with Gasteiger partial charge in [-0.05, 0) is 83.1 Å². The number of hydrogen-bond acceptors (Lipinski definition) is 3. The highest BCUT2D eigenvalue weighted by atomic mass is 19.1. The summed E-state index contributed by atoms with van der Waals surface area (Å²) in [5, 5.41) is 3.32. The highest BCUT2D eigenvalue weighted by Crippen LogP contribution is 2.29. The first kappa shape index (κ1) is 41.0. The molecule has 45 heavy (non-hydrogen) atoms.